The van der Waals surface area contributed by atoms with Gasteiger partial charge >= 0.3 is 0 Å². The molecule has 19 heavy (non-hydrogen) atoms. The minimum Gasteiger partial charge on any atom is -0.389 e. The number of pyridine rings is 1. The third-order valence-corrected chi connectivity index (χ3v) is 3.08. The van der Waals surface area contributed by atoms with Crippen LogP contribution in [0.5, 0.6) is 0 Å². The van der Waals surface area contributed by atoms with Crippen molar-refractivity contribution in [2.75, 3.05) is 5.32 Å². The van der Waals surface area contributed by atoms with Crippen molar-refractivity contribution >= 4 is 40.3 Å². The second kappa shape index (κ2) is 5.50. The zero-order valence-electron chi connectivity index (χ0n) is 10.1. The maximum atomic E-state index is 13.1. The summed E-state index contributed by atoms with van der Waals surface area (Å²) in [6.07, 6.45) is 1.64. The number of benzene rings is 1. The van der Waals surface area contributed by atoms with Gasteiger partial charge in [0.05, 0.1) is 10.6 Å². The lowest BCUT2D eigenvalue weighted by molar-refractivity contribution is 0.628. The van der Waals surface area contributed by atoms with Gasteiger partial charge in [-0.2, -0.15) is 0 Å². The second-order valence-corrected chi connectivity index (χ2v) is 4.82. The molecule has 0 fully saturated rings. The van der Waals surface area contributed by atoms with Gasteiger partial charge in [0.15, 0.2) is 0 Å². The number of rotatable bonds is 3. The molecule has 0 radical (unpaired) electrons. The SMILES string of the molecule is Cc1ccnc(Nc2ccc(F)c(Cl)c2)c1C(N)=S. The summed E-state index contributed by atoms with van der Waals surface area (Å²) < 4.78 is 13.1. The van der Waals surface area contributed by atoms with E-state index in [0.717, 1.165) is 5.56 Å². The molecule has 0 aliphatic carbocycles. The highest BCUT2D eigenvalue weighted by Crippen LogP contribution is 2.24. The van der Waals surface area contributed by atoms with E-state index in [1.54, 1.807) is 12.3 Å². The number of hydrogen-bond acceptors (Lipinski definition) is 3. The van der Waals surface area contributed by atoms with Gasteiger partial charge in [-0.15, -0.1) is 0 Å². The first kappa shape index (κ1) is 13.7. The predicted molar refractivity (Wildman–Crippen MR) is 79.6 cm³/mol. The van der Waals surface area contributed by atoms with E-state index in [0.29, 0.717) is 17.1 Å². The van der Waals surface area contributed by atoms with Gasteiger partial charge < -0.3 is 11.1 Å². The molecule has 0 saturated heterocycles. The van der Waals surface area contributed by atoms with Crippen LogP contribution in [0, 0.1) is 12.7 Å². The van der Waals surface area contributed by atoms with Gasteiger partial charge in [-0.05, 0) is 36.8 Å². The minimum absolute atomic E-state index is 0.0366. The fraction of sp³-hybridized carbons (Fsp3) is 0.0769. The maximum absolute atomic E-state index is 13.1. The number of aromatic nitrogens is 1. The summed E-state index contributed by atoms with van der Waals surface area (Å²) in [6.45, 7) is 1.89. The lowest BCUT2D eigenvalue weighted by atomic mass is 10.1. The lowest BCUT2D eigenvalue weighted by Gasteiger charge is -2.12. The Balaban J connectivity index is 2.40. The minimum atomic E-state index is -0.473. The zero-order chi connectivity index (χ0) is 14.0. The van der Waals surface area contributed by atoms with Gasteiger partial charge in [-0.1, -0.05) is 23.8 Å². The van der Waals surface area contributed by atoms with Crippen molar-refractivity contribution in [1.29, 1.82) is 0 Å². The van der Waals surface area contributed by atoms with Crippen molar-refractivity contribution < 1.29 is 4.39 Å². The van der Waals surface area contributed by atoms with Gasteiger partial charge in [0.1, 0.15) is 16.6 Å². The first-order valence-electron chi connectivity index (χ1n) is 5.46. The smallest absolute Gasteiger partial charge is 0.141 e. The molecular weight excluding hydrogens is 285 g/mol. The van der Waals surface area contributed by atoms with E-state index >= 15 is 0 Å². The summed E-state index contributed by atoms with van der Waals surface area (Å²) in [7, 11) is 0. The lowest BCUT2D eigenvalue weighted by Crippen LogP contribution is -2.14. The van der Waals surface area contributed by atoms with Crippen LogP contribution in [-0.4, -0.2) is 9.97 Å². The second-order valence-electron chi connectivity index (χ2n) is 3.97. The summed E-state index contributed by atoms with van der Waals surface area (Å²) in [6, 6.07) is 6.14. The molecule has 2 aromatic rings. The Morgan fingerprint density at radius 3 is 2.79 bits per heavy atom. The first-order valence-corrected chi connectivity index (χ1v) is 6.25. The molecule has 3 nitrogen and oxygen atoms in total. The molecule has 1 aromatic carbocycles. The number of hydrogen-bond donors (Lipinski definition) is 2. The molecule has 1 aromatic heterocycles. The zero-order valence-corrected chi connectivity index (χ0v) is 11.6. The number of nitrogens with two attached hydrogens (primary N) is 1. The number of thiocarbonyl (C=S) groups is 1. The summed E-state index contributed by atoms with van der Waals surface area (Å²) in [5.74, 6) is 0.0502. The Morgan fingerprint density at radius 2 is 2.16 bits per heavy atom. The van der Waals surface area contributed by atoms with Crippen LogP contribution in [0.15, 0.2) is 30.5 Å². The Labute approximate surface area is 120 Å². The van der Waals surface area contributed by atoms with Crippen LogP contribution in [0.3, 0.4) is 0 Å². The van der Waals surface area contributed by atoms with E-state index in [1.165, 1.54) is 12.1 Å². The van der Waals surface area contributed by atoms with Gasteiger partial charge in [-0.25, -0.2) is 9.37 Å². The largest absolute Gasteiger partial charge is 0.389 e. The fourth-order valence-corrected chi connectivity index (χ4v) is 2.11. The highest BCUT2D eigenvalue weighted by atomic mass is 35.5. The summed E-state index contributed by atoms with van der Waals surface area (Å²) in [5, 5.41) is 3.07. The van der Waals surface area contributed by atoms with Crippen LogP contribution in [0.25, 0.3) is 0 Å². The third kappa shape index (κ3) is 3.00. The van der Waals surface area contributed by atoms with Crippen molar-refractivity contribution in [3.05, 3.63) is 52.4 Å². The molecule has 0 amide bonds. The monoisotopic (exact) mass is 295 g/mol. The molecule has 98 valence electrons. The van der Waals surface area contributed by atoms with Crippen molar-refractivity contribution in [3.8, 4) is 0 Å². The van der Waals surface area contributed by atoms with Crippen LogP contribution < -0.4 is 11.1 Å². The van der Waals surface area contributed by atoms with Crippen LogP contribution in [0.4, 0.5) is 15.9 Å². The number of halogens is 2. The number of aryl methyl sites for hydroxylation is 1. The van der Waals surface area contributed by atoms with Gasteiger partial charge in [-0.3, -0.25) is 0 Å². The highest BCUT2D eigenvalue weighted by Gasteiger charge is 2.10. The average molecular weight is 296 g/mol. The molecule has 0 atom stereocenters. The average Bonchev–Trinajstić information content (AvgIpc) is 2.33. The third-order valence-electron chi connectivity index (χ3n) is 2.59. The van der Waals surface area contributed by atoms with E-state index in [4.69, 9.17) is 29.6 Å². The Morgan fingerprint density at radius 1 is 1.42 bits per heavy atom. The Kier molecular flexibility index (Phi) is 3.97. The van der Waals surface area contributed by atoms with Crippen molar-refractivity contribution in [3.63, 3.8) is 0 Å². The molecule has 6 heteroatoms. The normalized spacial score (nSPS) is 10.3. The van der Waals surface area contributed by atoms with Crippen LogP contribution in [-0.2, 0) is 0 Å². The van der Waals surface area contributed by atoms with E-state index in [2.05, 4.69) is 10.3 Å². The molecule has 3 N–H and O–H groups in total. The van der Waals surface area contributed by atoms with Crippen molar-refractivity contribution in [2.45, 2.75) is 6.92 Å². The molecule has 2 rings (SSSR count). The molecule has 0 bridgehead atoms. The predicted octanol–water partition coefficient (Wildman–Crippen LogP) is 3.56. The quantitative estimate of drug-likeness (QED) is 0.850. The van der Waals surface area contributed by atoms with Gasteiger partial charge in [0.25, 0.3) is 0 Å². The maximum Gasteiger partial charge on any atom is 0.141 e. The van der Waals surface area contributed by atoms with Crippen molar-refractivity contribution in [2.24, 2.45) is 5.73 Å². The standard InChI is InChI=1S/C13H11ClFN3S/c1-7-4-5-17-13(11(7)12(16)19)18-8-2-3-10(15)9(14)6-8/h2-6H,1H3,(H2,16,19)(H,17,18). The van der Waals surface area contributed by atoms with Crippen molar-refractivity contribution in [1.82, 2.24) is 4.98 Å². The highest BCUT2D eigenvalue weighted by molar-refractivity contribution is 7.80. The topological polar surface area (TPSA) is 50.9 Å². The molecular formula is C13H11ClFN3S. The van der Waals surface area contributed by atoms with Crippen LogP contribution >= 0.6 is 23.8 Å². The fourth-order valence-electron chi connectivity index (χ4n) is 1.67. The van der Waals surface area contributed by atoms with E-state index < -0.39 is 5.82 Å². The Hall–Kier alpha value is -1.72. The summed E-state index contributed by atoms with van der Waals surface area (Å²) >= 11 is 10.7. The van der Waals surface area contributed by atoms with Gasteiger partial charge in [0.2, 0.25) is 0 Å². The number of nitrogens with one attached hydrogen (secondary N) is 1. The van der Waals surface area contributed by atoms with E-state index in [9.17, 15) is 4.39 Å². The van der Waals surface area contributed by atoms with E-state index in [1.807, 2.05) is 13.0 Å². The molecule has 0 aliphatic heterocycles. The van der Waals surface area contributed by atoms with Gasteiger partial charge in [0, 0.05) is 11.9 Å². The molecule has 0 aliphatic rings. The summed E-state index contributed by atoms with van der Waals surface area (Å²) in [4.78, 5) is 4.44. The summed E-state index contributed by atoms with van der Waals surface area (Å²) in [5.41, 5.74) is 7.88. The molecule has 0 spiro atoms. The Bertz CT molecular complexity index is 646. The number of nitrogens with zero attached hydrogens (tertiary/aromatic N) is 1. The molecule has 0 unspecified atom stereocenters. The number of anilines is 2. The molecule has 0 saturated carbocycles. The molecule has 1 heterocycles. The van der Waals surface area contributed by atoms with E-state index in [-0.39, 0.29) is 10.0 Å². The van der Waals surface area contributed by atoms with Crippen LogP contribution in [0.2, 0.25) is 5.02 Å². The van der Waals surface area contributed by atoms with Crippen LogP contribution in [0.1, 0.15) is 11.1 Å². The first-order chi connectivity index (χ1) is 8.99.